The van der Waals surface area contributed by atoms with Crippen molar-refractivity contribution >= 4 is 11.9 Å². The molecule has 0 bridgehead atoms. The molecule has 0 aliphatic carbocycles. The highest BCUT2D eigenvalue weighted by Crippen LogP contribution is 2.12. The number of allylic oxidation sites excluding steroid dienone is 28. The Morgan fingerprint density at radius 2 is 0.589 bits per heavy atom. The van der Waals surface area contributed by atoms with Crippen LogP contribution < -0.4 is 0 Å². The van der Waals surface area contributed by atoms with E-state index in [9.17, 15) is 14.7 Å². The zero-order valence-electron chi connectivity index (χ0n) is 46.6. The summed E-state index contributed by atoms with van der Waals surface area (Å²) in [5.41, 5.74) is 0. The summed E-state index contributed by atoms with van der Waals surface area (Å²) in [4.78, 5) is 24.5. The molecular weight excluding hydrogens is 897 g/mol. The molecule has 0 aliphatic rings. The molecule has 0 saturated heterocycles. The van der Waals surface area contributed by atoms with Gasteiger partial charge in [0, 0.05) is 12.8 Å². The maximum Gasteiger partial charge on any atom is 0.306 e. The minimum absolute atomic E-state index is 0.0908. The molecule has 408 valence electrons. The quantitative estimate of drug-likeness (QED) is 0.0373. The summed E-state index contributed by atoms with van der Waals surface area (Å²) in [5.74, 6) is -0.640. The Balaban J connectivity index is 3.69. The standard InChI is InChI=1S/C68H106O5/c1-3-5-7-9-11-13-15-17-19-21-23-24-25-26-27-28-29-30-31-32-33-34-35-36-37-38-39-40-41-42-43-44-45-47-49-51-53-55-57-59-61-63-68(71)73-66(64-69)65-72-67(70)62-60-58-56-54-52-50-48-46-22-20-18-16-14-12-10-8-6-4-2/h5,7,11,13-14,16-17,19-20,22-24,26-27,29-30,32-33,35-36,38-39,41-42,44-45,49,51,66,69H,3-4,6,8-10,12,15,18,21,25,28,31,34,37,40,43,46-48,50,52-65H2,1-2H3/b7-5-,13-11-,16-14-,19-17-,22-20-,24-23-,27-26-,30-29-,33-32-,36-35-,39-38-,42-41-,45-44-,51-49-. The van der Waals surface area contributed by atoms with Gasteiger partial charge in [-0.1, -0.05) is 248 Å². The van der Waals surface area contributed by atoms with Crippen molar-refractivity contribution in [2.45, 2.75) is 232 Å². The van der Waals surface area contributed by atoms with Crippen molar-refractivity contribution in [1.82, 2.24) is 0 Å². The molecule has 0 aromatic carbocycles. The highest BCUT2D eigenvalue weighted by Gasteiger charge is 2.16. The number of esters is 2. The first-order chi connectivity index (χ1) is 36.1. The summed E-state index contributed by atoms with van der Waals surface area (Å²) in [6, 6.07) is 0. The van der Waals surface area contributed by atoms with E-state index in [1.54, 1.807) is 0 Å². The van der Waals surface area contributed by atoms with Gasteiger partial charge in [0.25, 0.3) is 0 Å². The largest absolute Gasteiger partial charge is 0.462 e. The maximum atomic E-state index is 12.3. The highest BCUT2D eigenvalue weighted by atomic mass is 16.6. The summed E-state index contributed by atoms with van der Waals surface area (Å²) >= 11 is 0. The van der Waals surface area contributed by atoms with Crippen molar-refractivity contribution in [3.8, 4) is 0 Å². The average molecular weight is 1000 g/mol. The molecule has 5 heteroatoms. The first-order valence-corrected chi connectivity index (χ1v) is 29.2. The number of carbonyl (C=O) groups is 2. The average Bonchev–Trinajstić information content (AvgIpc) is 3.39. The molecule has 0 saturated carbocycles. The van der Waals surface area contributed by atoms with E-state index >= 15 is 0 Å². The number of hydrogen-bond donors (Lipinski definition) is 1. The number of ether oxygens (including phenoxy) is 2. The van der Waals surface area contributed by atoms with Crippen molar-refractivity contribution < 1.29 is 24.2 Å². The van der Waals surface area contributed by atoms with Crippen molar-refractivity contribution in [2.75, 3.05) is 13.2 Å². The van der Waals surface area contributed by atoms with Crippen LogP contribution in [0.3, 0.4) is 0 Å². The molecule has 73 heavy (non-hydrogen) atoms. The van der Waals surface area contributed by atoms with E-state index in [2.05, 4.69) is 184 Å². The van der Waals surface area contributed by atoms with E-state index in [-0.39, 0.29) is 25.2 Å². The minimum atomic E-state index is -0.802. The molecule has 0 aromatic rings. The molecule has 0 rings (SSSR count). The Hall–Kier alpha value is -4.74. The highest BCUT2D eigenvalue weighted by molar-refractivity contribution is 5.70. The van der Waals surface area contributed by atoms with E-state index in [4.69, 9.17) is 9.47 Å². The van der Waals surface area contributed by atoms with Gasteiger partial charge in [-0.25, -0.2) is 0 Å². The third-order valence-electron chi connectivity index (χ3n) is 11.7. The number of aliphatic hydroxyl groups excluding tert-OH is 1. The van der Waals surface area contributed by atoms with E-state index in [0.717, 1.165) is 141 Å². The van der Waals surface area contributed by atoms with Gasteiger partial charge in [0.05, 0.1) is 6.61 Å². The lowest BCUT2D eigenvalue weighted by Crippen LogP contribution is -2.28. The van der Waals surface area contributed by atoms with Crippen LogP contribution in [0.2, 0.25) is 0 Å². The Kier molecular flexibility index (Phi) is 57.6. The SMILES string of the molecule is CC/C=C\C/C=C\C/C=C\C/C=C\C/C=C\C/C=C\C/C=C\C/C=C\C/C=C\C/C=C\C/C=C\C/C=C\CCCCCCC(=O)OC(CO)COC(=O)CCCCCCCCC/C=C\C/C=C\CCCCCC. The van der Waals surface area contributed by atoms with Crippen LogP contribution in [0.1, 0.15) is 226 Å². The van der Waals surface area contributed by atoms with Crippen LogP contribution in [-0.4, -0.2) is 36.4 Å². The topological polar surface area (TPSA) is 72.8 Å². The summed E-state index contributed by atoms with van der Waals surface area (Å²) < 4.78 is 10.7. The van der Waals surface area contributed by atoms with Crippen LogP contribution in [0.25, 0.3) is 0 Å². The van der Waals surface area contributed by atoms with E-state index in [1.807, 2.05) is 0 Å². The summed E-state index contributed by atoms with van der Waals surface area (Å²) in [6.07, 6.45) is 96.0. The minimum Gasteiger partial charge on any atom is -0.462 e. The normalized spacial score (nSPS) is 13.5. The van der Waals surface area contributed by atoms with E-state index in [1.165, 1.54) is 57.8 Å². The smallest absolute Gasteiger partial charge is 0.306 e. The Labute approximate surface area is 449 Å². The second kappa shape index (κ2) is 61.6. The van der Waals surface area contributed by atoms with Gasteiger partial charge in [-0.05, 0) is 135 Å². The fourth-order valence-corrected chi connectivity index (χ4v) is 7.39. The zero-order chi connectivity index (χ0) is 52.7. The fraction of sp³-hybridized carbons (Fsp3) is 0.559. The molecule has 0 radical (unpaired) electrons. The third kappa shape index (κ3) is 59.7. The van der Waals surface area contributed by atoms with Gasteiger partial charge in [-0.2, -0.15) is 0 Å². The van der Waals surface area contributed by atoms with Crippen molar-refractivity contribution in [1.29, 1.82) is 0 Å². The maximum absolute atomic E-state index is 12.3. The molecule has 1 N–H and O–H groups in total. The van der Waals surface area contributed by atoms with Gasteiger partial charge < -0.3 is 14.6 Å². The lowest BCUT2D eigenvalue weighted by atomic mass is 10.1. The first-order valence-electron chi connectivity index (χ1n) is 29.2. The lowest BCUT2D eigenvalue weighted by Gasteiger charge is -2.15. The molecule has 0 heterocycles. The zero-order valence-corrected chi connectivity index (χ0v) is 46.6. The second-order valence-electron chi connectivity index (χ2n) is 18.6. The molecule has 0 spiro atoms. The molecule has 0 aromatic heterocycles. The van der Waals surface area contributed by atoms with Crippen molar-refractivity contribution in [3.05, 3.63) is 170 Å². The molecule has 1 unspecified atom stereocenters. The Morgan fingerprint density at radius 3 is 0.890 bits per heavy atom. The lowest BCUT2D eigenvalue weighted by molar-refractivity contribution is -0.161. The fourth-order valence-electron chi connectivity index (χ4n) is 7.39. The van der Waals surface area contributed by atoms with Gasteiger partial charge in [-0.15, -0.1) is 0 Å². The van der Waals surface area contributed by atoms with Crippen LogP contribution >= 0.6 is 0 Å². The number of hydrogen-bond acceptors (Lipinski definition) is 5. The molecular formula is C68H106O5. The van der Waals surface area contributed by atoms with Gasteiger partial charge in [0.2, 0.25) is 0 Å². The summed E-state index contributed by atoms with van der Waals surface area (Å²) in [7, 11) is 0. The number of rotatable bonds is 51. The van der Waals surface area contributed by atoms with Gasteiger partial charge in [0.15, 0.2) is 6.10 Å². The van der Waals surface area contributed by atoms with E-state index < -0.39 is 6.10 Å². The van der Waals surface area contributed by atoms with Gasteiger partial charge >= 0.3 is 11.9 Å². The monoisotopic (exact) mass is 1000 g/mol. The van der Waals surface area contributed by atoms with Crippen LogP contribution in [0, 0.1) is 0 Å². The molecule has 0 amide bonds. The second-order valence-corrected chi connectivity index (χ2v) is 18.6. The number of carbonyl (C=O) groups excluding carboxylic acids is 2. The van der Waals surface area contributed by atoms with Gasteiger partial charge in [-0.3, -0.25) is 9.59 Å². The molecule has 5 nitrogen and oxygen atoms in total. The van der Waals surface area contributed by atoms with E-state index in [0.29, 0.717) is 12.8 Å². The van der Waals surface area contributed by atoms with Crippen LogP contribution in [0.15, 0.2) is 170 Å². The third-order valence-corrected chi connectivity index (χ3v) is 11.7. The number of aliphatic hydroxyl groups is 1. The predicted molar refractivity (Wildman–Crippen MR) is 320 cm³/mol. The van der Waals surface area contributed by atoms with Crippen LogP contribution in [0.5, 0.6) is 0 Å². The predicted octanol–water partition coefficient (Wildman–Crippen LogP) is 20.1. The van der Waals surface area contributed by atoms with Crippen LogP contribution in [0.4, 0.5) is 0 Å². The summed E-state index contributed by atoms with van der Waals surface area (Å²) in [5, 5.41) is 9.64. The molecule has 1 atom stereocenters. The summed E-state index contributed by atoms with van der Waals surface area (Å²) in [6.45, 7) is 3.97. The van der Waals surface area contributed by atoms with Crippen molar-refractivity contribution in [2.24, 2.45) is 0 Å². The molecule has 0 fully saturated rings. The first kappa shape index (κ1) is 68.3. The Bertz CT molecular complexity index is 1650. The number of unbranched alkanes of at least 4 members (excludes halogenated alkanes) is 15. The van der Waals surface area contributed by atoms with Crippen LogP contribution in [-0.2, 0) is 19.1 Å². The van der Waals surface area contributed by atoms with Gasteiger partial charge in [0.1, 0.15) is 6.61 Å². The Morgan fingerprint density at radius 1 is 0.329 bits per heavy atom. The van der Waals surface area contributed by atoms with Crippen molar-refractivity contribution in [3.63, 3.8) is 0 Å². The molecule has 0 aliphatic heterocycles.